The van der Waals surface area contributed by atoms with Crippen molar-refractivity contribution in [1.29, 1.82) is 0 Å². The third-order valence-corrected chi connectivity index (χ3v) is 4.78. The van der Waals surface area contributed by atoms with E-state index in [-0.39, 0.29) is 0 Å². The molecule has 110 valence electrons. The highest BCUT2D eigenvalue weighted by Crippen LogP contribution is 2.32. The number of allylic oxidation sites excluding steroid dienone is 3. The first-order valence-corrected chi connectivity index (χ1v) is 8.18. The van der Waals surface area contributed by atoms with Gasteiger partial charge in [0.1, 0.15) is 0 Å². The predicted molar refractivity (Wildman–Crippen MR) is 91.3 cm³/mol. The fraction of sp³-hybridized carbons (Fsp3) is 0.400. The molecule has 0 fully saturated rings. The normalized spacial score (nSPS) is 17.9. The topological polar surface area (TPSA) is 3.24 Å². The van der Waals surface area contributed by atoms with Crippen molar-refractivity contribution in [2.45, 2.75) is 39.2 Å². The second-order valence-electron chi connectivity index (χ2n) is 5.99. The van der Waals surface area contributed by atoms with Crippen LogP contribution in [0.1, 0.15) is 37.8 Å². The van der Waals surface area contributed by atoms with Crippen molar-refractivity contribution in [2.24, 2.45) is 0 Å². The number of hydrogen-bond acceptors (Lipinski definition) is 1. The smallest absolute Gasteiger partial charge is 0.0351 e. The number of benzene rings is 1. The number of nitrogens with zero attached hydrogens (tertiary/aromatic N) is 1. The predicted octanol–water partition coefficient (Wildman–Crippen LogP) is 4.61. The van der Waals surface area contributed by atoms with Crippen LogP contribution in [0, 0.1) is 0 Å². The van der Waals surface area contributed by atoms with Gasteiger partial charge in [-0.1, -0.05) is 68.0 Å². The molecule has 1 nitrogen and oxygen atoms in total. The fourth-order valence-corrected chi connectivity index (χ4v) is 3.57. The van der Waals surface area contributed by atoms with Crippen molar-refractivity contribution in [3.05, 3.63) is 64.8 Å². The highest BCUT2D eigenvalue weighted by atomic mass is 15.1. The fourth-order valence-electron chi connectivity index (χ4n) is 3.57. The lowest BCUT2D eigenvalue weighted by Crippen LogP contribution is -2.36. The van der Waals surface area contributed by atoms with Gasteiger partial charge in [-0.05, 0) is 49.1 Å². The van der Waals surface area contributed by atoms with Crippen LogP contribution in [0.25, 0.3) is 6.08 Å². The average molecular weight is 279 g/mol. The van der Waals surface area contributed by atoms with Crippen molar-refractivity contribution < 1.29 is 0 Å². The number of likely N-dealkylation sites (N-methyl/N-ethyl adjacent to an activating group) is 1. The van der Waals surface area contributed by atoms with Crippen molar-refractivity contribution in [3.63, 3.8) is 0 Å². The summed E-state index contributed by atoms with van der Waals surface area (Å²) in [6, 6.07) is 9.38. The molecule has 0 heterocycles. The van der Waals surface area contributed by atoms with Gasteiger partial charge < -0.3 is 0 Å². The van der Waals surface area contributed by atoms with E-state index in [2.05, 4.69) is 67.3 Å². The maximum absolute atomic E-state index is 2.61. The lowest BCUT2D eigenvalue weighted by Gasteiger charge is -2.31. The summed E-state index contributed by atoms with van der Waals surface area (Å²) in [5.41, 5.74) is 6.07. The summed E-state index contributed by atoms with van der Waals surface area (Å²) in [4.78, 5) is 2.61. The van der Waals surface area contributed by atoms with E-state index in [9.17, 15) is 0 Å². The molecular formula is C20H25N. The van der Waals surface area contributed by atoms with E-state index in [0.29, 0.717) is 6.04 Å². The van der Waals surface area contributed by atoms with E-state index in [1.807, 2.05) is 0 Å². The minimum atomic E-state index is 0.554. The molecule has 0 bridgehead atoms. The molecule has 0 aromatic heterocycles. The van der Waals surface area contributed by atoms with Crippen LogP contribution in [0.5, 0.6) is 0 Å². The molecule has 3 rings (SSSR count). The minimum Gasteiger partial charge on any atom is -0.297 e. The molecule has 0 amide bonds. The van der Waals surface area contributed by atoms with Crippen LogP contribution < -0.4 is 0 Å². The van der Waals surface area contributed by atoms with Crippen LogP contribution >= 0.6 is 0 Å². The molecule has 21 heavy (non-hydrogen) atoms. The summed E-state index contributed by atoms with van der Waals surface area (Å²) in [5, 5.41) is 0. The van der Waals surface area contributed by atoms with Crippen LogP contribution in [-0.4, -0.2) is 24.0 Å². The first-order chi connectivity index (χ1) is 10.3. The highest BCUT2D eigenvalue weighted by Gasteiger charge is 2.25. The van der Waals surface area contributed by atoms with E-state index < -0.39 is 0 Å². The Morgan fingerprint density at radius 3 is 2.62 bits per heavy atom. The van der Waals surface area contributed by atoms with E-state index in [0.717, 1.165) is 25.9 Å². The second kappa shape index (κ2) is 6.44. The molecule has 0 N–H and O–H groups in total. The standard InChI is InChI=1S/C20H25N/c1-3-21(4-2)20(13-16-9-5-6-10-16)19-14-17-11-7-8-12-18(17)15-19/h5-9,11-12,14,20H,3-4,10,13,15H2,1-2H3. The van der Waals surface area contributed by atoms with Gasteiger partial charge in [0.15, 0.2) is 0 Å². The van der Waals surface area contributed by atoms with Gasteiger partial charge in [-0.3, -0.25) is 4.90 Å². The molecule has 1 aromatic carbocycles. The maximum Gasteiger partial charge on any atom is 0.0351 e. The molecule has 1 atom stereocenters. The summed E-state index contributed by atoms with van der Waals surface area (Å²) in [7, 11) is 0. The Labute approximate surface area is 128 Å². The van der Waals surface area contributed by atoms with Gasteiger partial charge in [0.25, 0.3) is 0 Å². The highest BCUT2D eigenvalue weighted by molar-refractivity contribution is 5.65. The molecule has 2 aliphatic rings. The van der Waals surface area contributed by atoms with Crippen molar-refractivity contribution in [3.8, 4) is 0 Å². The molecular weight excluding hydrogens is 254 g/mol. The van der Waals surface area contributed by atoms with Crippen molar-refractivity contribution in [1.82, 2.24) is 4.90 Å². The Bertz CT molecular complexity index is 588. The molecule has 2 aliphatic carbocycles. The van der Waals surface area contributed by atoms with E-state index in [4.69, 9.17) is 0 Å². The van der Waals surface area contributed by atoms with Gasteiger partial charge >= 0.3 is 0 Å². The van der Waals surface area contributed by atoms with Gasteiger partial charge in [-0.2, -0.15) is 0 Å². The number of hydrogen-bond donors (Lipinski definition) is 0. The molecule has 0 saturated heterocycles. The SMILES string of the molecule is CCN(CC)C(CC1=CC=CC1)C1=Cc2ccccc2C1. The molecule has 1 heteroatoms. The lowest BCUT2D eigenvalue weighted by molar-refractivity contribution is 0.241. The Kier molecular flexibility index (Phi) is 4.40. The summed E-state index contributed by atoms with van der Waals surface area (Å²) in [6.07, 6.45) is 12.6. The maximum atomic E-state index is 2.61. The molecule has 0 spiro atoms. The third-order valence-electron chi connectivity index (χ3n) is 4.78. The first-order valence-electron chi connectivity index (χ1n) is 8.18. The summed E-state index contributed by atoms with van der Waals surface area (Å²) in [5.74, 6) is 0. The summed E-state index contributed by atoms with van der Waals surface area (Å²) >= 11 is 0. The molecule has 1 unspecified atom stereocenters. The minimum absolute atomic E-state index is 0.554. The van der Waals surface area contributed by atoms with Crippen LogP contribution in [0.4, 0.5) is 0 Å². The van der Waals surface area contributed by atoms with Crippen LogP contribution in [-0.2, 0) is 6.42 Å². The molecule has 0 saturated carbocycles. The lowest BCUT2D eigenvalue weighted by atomic mass is 9.95. The monoisotopic (exact) mass is 279 g/mol. The van der Waals surface area contributed by atoms with Crippen molar-refractivity contribution >= 4 is 6.08 Å². The molecule has 1 aromatic rings. The van der Waals surface area contributed by atoms with E-state index in [1.165, 1.54) is 17.5 Å². The van der Waals surface area contributed by atoms with Crippen LogP contribution in [0.15, 0.2) is 53.6 Å². The van der Waals surface area contributed by atoms with Gasteiger partial charge in [0.05, 0.1) is 0 Å². The van der Waals surface area contributed by atoms with Gasteiger partial charge in [0.2, 0.25) is 0 Å². The molecule has 0 aliphatic heterocycles. The van der Waals surface area contributed by atoms with Crippen molar-refractivity contribution in [2.75, 3.05) is 13.1 Å². The van der Waals surface area contributed by atoms with E-state index in [1.54, 1.807) is 11.1 Å². The van der Waals surface area contributed by atoms with E-state index >= 15 is 0 Å². The quantitative estimate of drug-likeness (QED) is 0.735. The van der Waals surface area contributed by atoms with Crippen LogP contribution in [0.3, 0.4) is 0 Å². The zero-order valence-electron chi connectivity index (χ0n) is 13.2. The van der Waals surface area contributed by atoms with Gasteiger partial charge in [-0.25, -0.2) is 0 Å². The Morgan fingerprint density at radius 2 is 1.95 bits per heavy atom. The first kappa shape index (κ1) is 14.3. The van der Waals surface area contributed by atoms with Crippen LogP contribution in [0.2, 0.25) is 0 Å². The van der Waals surface area contributed by atoms with Gasteiger partial charge in [-0.15, -0.1) is 0 Å². The summed E-state index contributed by atoms with van der Waals surface area (Å²) in [6.45, 7) is 6.80. The zero-order chi connectivity index (χ0) is 14.7. The second-order valence-corrected chi connectivity index (χ2v) is 5.99. The average Bonchev–Trinajstić information content (AvgIpc) is 3.16. The number of rotatable bonds is 6. The Balaban J connectivity index is 1.82. The van der Waals surface area contributed by atoms with Gasteiger partial charge in [0, 0.05) is 6.04 Å². The number of fused-ring (bicyclic) bond motifs is 1. The Morgan fingerprint density at radius 1 is 1.14 bits per heavy atom. The Hall–Kier alpha value is -1.60. The summed E-state index contributed by atoms with van der Waals surface area (Å²) < 4.78 is 0. The zero-order valence-corrected chi connectivity index (χ0v) is 13.2. The largest absolute Gasteiger partial charge is 0.297 e. The third kappa shape index (κ3) is 3.03. The molecule has 0 radical (unpaired) electrons.